The van der Waals surface area contributed by atoms with Crippen molar-refractivity contribution in [2.24, 2.45) is 5.92 Å². The van der Waals surface area contributed by atoms with Gasteiger partial charge in [-0.1, -0.05) is 31.0 Å². The van der Waals surface area contributed by atoms with Gasteiger partial charge in [0.05, 0.1) is 10.3 Å². The molecule has 1 saturated carbocycles. The van der Waals surface area contributed by atoms with Crippen LogP contribution in [0.1, 0.15) is 39.0 Å². The maximum absolute atomic E-state index is 12.8. The number of amides is 1. The van der Waals surface area contributed by atoms with Crippen LogP contribution in [0, 0.1) is 5.92 Å². The van der Waals surface area contributed by atoms with E-state index in [4.69, 9.17) is 0 Å². The van der Waals surface area contributed by atoms with Gasteiger partial charge in [-0.05, 0) is 44.9 Å². The van der Waals surface area contributed by atoms with E-state index in [9.17, 15) is 13.2 Å². The van der Waals surface area contributed by atoms with Crippen molar-refractivity contribution >= 4 is 27.7 Å². The number of nitrogens with zero attached hydrogens (tertiary/aromatic N) is 3. The minimum absolute atomic E-state index is 0.0107. The SMILES string of the molecule is CC(Sc1ccc(S(=O)(=O)N2CCN(C)CC2)cn1)C(=O)NCC1CCCCC1. The van der Waals surface area contributed by atoms with Crippen LogP contribution >= 0.6 is 11.8 Å². The van der Waals surface area contributed by atoms with E-state index in [1.54, 1.807) is 12.1 Å². The molecule has 2 aliphatic rings. The maximum Gasteiger partial charge on any atom is 0.244 e. The molecule has 9 heteroatoms. The second-order valence-corrected chi connectivity index (χ2v) is 11.3. The lowest BCUT2D eigenvalue weighted by atomic mass is 9.89. The summed E-state index contributed by atoms with van der Waals surface area (Å²) in [6, 6.07) is 3.29. The van der Waals surface area contributed by atoms with Crippen LogP contribution in [0.3, 0.4) is 0 Å². The van der Waals surface area contributed by atoms with E-state index in [0.717, 1.165) is 19.6 Å². The molecule has 1 aliphatic carbocycles. The Hall–Kier alpha value is -1.16. The van der Waals surface area contributed by atoms with E-state index in [0.29, 0.717) is 24.0 Å². The zero-order valence-electron chi connectivity index (χ0n) is 17.3. The Kier molecular flexibility index (Phi) is 7.95. The van der Waals surface area contributed by atoms with Crippen LogP contribution in [0.15, 0.2) is 28.3 Å². The Labute approximate surface area is 178 Å². The Bertz CT molecular complexity index is 771. The average Bonchev–Trinajstić information content (AvgIpc) is 2.73. The summed E-state index contributed by atoms with van der Waals surface area (Å²) >= 11 is 1.36. The van der Waals surface area contributed by atoms with Gasteiger partial charge in [0.15, 0.2) is 0 Å². The van der Waals surface area contributed by atoms with Crippen LogP contribution < -0.4 is 5.32 Å². The minimum atomic E-state index is -3.51. The summed E-state index contributed by atoms with van der Waals surface area (Å²) in [5.74, 6) is 0.610. The predicted molar refractivity (Wildman–Crippen MR) is 115 cm³/mol. The molecule has 0 radical (unpaired) electrons. The first-order valence-electron chi connectivity index (χ1n) is 10.5. The molecule has 0 aromatic carbocycles. The highest BCUT2D eigenvalue weighted by Crippen LogP contribution is 2.25. The molecule has 2 fully saturated rings. The van der Waals surface area contributed by atoms with Gasteiger partial charge in [0.25, 0.3) is 0 Å². The fraction of sp³-hybridized carbons (Fsp3) is 0.700. The number of thioether (sulfide) groups is 1. The number of carbonyl (C=O) groups is 1. The summed E-state index contributed by atoms with van der Waals surface area (Å²) in [7, 11) is -1.52. The highest BCUT2D eigenvalue weighted by atomic mass is 32.2. The largest absolute Gasteiger partial charge is 0.355 e. The third-order valence-electron chi connectivity index (χ3n) is 5.77. The second kappa shape index (κ2) is 10.2. The number of aromatic nitrogens is 1. The fourth-order valence-corrected chi connectivity index (χ4v) is 5.96. The number of hydrogen-bond donors (Lipinski definition) is 1. The van der Waals surface area contributed by atoms with Crippen molar-refractivity contribution < 1.29 is 13.2 Å². The van der Waals surface area contributed by atoms with Gasteiger partial charge in [0, 0.05) is 38.9 Å². The summed E-state index contributed by atoms with van der Waals surface area (Å²) in [6.45, 7) is 5.06. The number of likely N-dealkylation sites (N-methyl/N-ethyl adjacent to an activating group) is 1. The molecule has 7 nitrogen and oxygen atoms in total. The van der Waals surface area contributed by atoms with Gasteiger partial charge in [-0.15, -0.1) is 0 Å². The summed E-state index contributed by atoms with van der Waals surface area (Å²) in [6.07, 6.45) is 7.64. The van der Waals surface area contributed by atoms with Crippen molar-refractivity contribution in [3.05, 3.63) is 18.3 Å². The second-order valence-electron chi connectivity index (χ2n) is 8.05. The van der Waals surface area contributed by atoms with E-state index < -0.39 is 10.0 Å². The normalized spacial score (nSPS) is 21.0. The molecule has 1 N–H and O–H groups in total. The zero-order chi connectivity index (χ0) is 20.9. The summed E-state index contributed by atoms with van der Waals surface area (Å²) < 4.78 is 27.0. The van der Waals surface area contributed by atoms with Gasteiger partial charge in [-0.25, -0.2) is 13.4 Å². The zero-order valence-corrected chi connectivity index (χ0v) is 19.0. The van der Waals surface area contributed by atoms with E-state index in [1.807, 2.05) is 14.0 Å². The van der Waals surface area contributed by atoms with Gasteiger partial charge in [0.2, 0.25) is 15.9 Å². The third-order valence-corrected chi connectivity index (χ3v) is 8.70. The number of rotatable bonds is 7. The molecule has 1 saturated heterocycles. The quantitative estimate of drug-likeness (QED) is 0.655. The topological polar surface area (TPSA) is 82.6 Å². The number of carbonyl (C=O) groups excluding carboxylic acids is 1. The molecule has 1 aliphatic heterocycles. The molecule has 0 spiro atoms. The van der Waals surface area contributed by atoms with Crippen molar-refractivity contribution in [2.75, 3.05) is 39.8 Å². The van der Waals surface area contributed by atoms with E-state index >= 15 is 0 Å². The molecule has 29 heavy (non-hydrogen) atoms. The third kappa shape index (κ3) is 6.16. The molecule has 1 aromatic rings. The van der Waals surface area contributed by atoms with Gasteiger partial charge >= 0.3 is 0 Å². The van der Waals surface area contributed by atoms with E-state index in [2.05, 4.69) is 15.2 Å². The van der Waals surface area contributed by atoms with E-state index in [-0.39, 0.29) is 16.1 Å². The number of piperazine rings is 1. The van der Waals surface area contributed by atoms with Gasteiger partial charge < -0.3 is 10.2 Å². The molecule has 1 amide bonds. The number of nitrogens with one attached hydrogen (secondary N) is 1. The highest BCUT2D eigenvalue weighted by molar-refractivity contribution is 8.00. The first kappa shape index (κ1) is 22.5. The molecule has 162 valence electrons. The number of sulfonamides is 1. The van der Waals surface area contributed by atoms with Crippen LogP contribution in [0.2, 0.25) is 0 Å². The first-order valence-corrected chi connectivity index (χ1v) is 12.8. The highest BCUT2D eigenvalue weighted by Gasteiger charge is 2.28. The Balaban J connectivity index is 1.52. The Morgan fingerprint density at radius 2 is 1.90 bits per heavy atom. The van der Waals surface area contributed by atoms with Crippen molar-refractivity contribution in [3.63, 3.8) is 0 Å². The van der Waals surface area contributed by atoms with Crippen LogP contribution in [0.5, 0.6) is 0 Å². The molecule has 1 aromatic heterocycles. The number of pyridine rings is 1. The summed E-state index contributed by atoms with van der Waals surface area (Å²) in [4.78, 5) is 19.0. The van der Waals surface area contributed by atoms with Crippen molar-refractivity contribution in [1.82, 2.24) is 19.5 Å². The predicted octanol–water partition coefficient (Wildman–Crippen LogP) is 2.19. The monoisotopic (exact) mass is 440 g/mol. The lowest BCUT2D eigenvalue weighted by molar-refractivity contribution is -0.120. The van der Waals surface area contributed by atoms with Gasteiger partial charge in [0.1, 0.15) is 4.90 Å². The molecule has 0 bridgehead atoms. The molecular weight excluding hydrogens is 408 g/mol. The van der Waals surface area contributed by atoms with Crippen molar-refractivity contribution in [3.8, 4) is 0 Å². The molecule has 1 unspecified atom stereocenters. The smallest absolute Gasteiger partial charge is 0.244 e. The van der Waals surface area contributed by atoms with Crippen molar-refractivity contribution in [2.45, 2.75) is 54.2 Å². The maximum atomic E-state index is 12.8. The van der Waals surface area contributed by atoms with Crippen LogP contribution in [0.25, 0.3) is 0 Å². The average molecular weight is 441 g/mol. The van der Waals surface area contributed by atoms with Crippen molar-refractivity contribution in [1.29, 1.82) is 0 Å². The van der Waals surface area contributed by atoms with Gasteiger partial charge in [-0.3, -0.25) is 4.79 Å². The Morgan fingerprint density at radius 3 is 2.52 bits per heavy atom. The molecule has 1 atom stereocenters. The minimum Gasteiger partial charge on any atom is -0.355 e. The Morgan fingerprint density at radius 1 is 1.21 bits per heavy atom. The fourth-order valence-electron chi connectivity index (χ4n) is 3.78. The van der Waals surface area contributed by atoms with E-state index in [1.165, 1.54) is 54.4 Å². The molecule has 3 rings (SSSR count). The number of hydrogen-bond acceptors (Lipinski definition) is 6. The first-order chi connectivity index (χ1) is 13.9. The lowest BCUT2D eigenvalue weighted by Crippen LogP contribution is -2.47. The van der Waals surface area contributed by atoms with Crippen LogP contribution in [-0.4, -0.2) is 73.5 Å². The molecular formula is C20H32N4O3S2. The van der Waals surface area contributed by atoms with Crippen LogP contribution in [-0.2, 0) is 14.8 Å². The standard InChI is InChI=1S/C20H32N4O3S2/c1-16(20(25)22-14-17-6-4-3-5-7-17)28-19-9-8-18(15-21-19)29(26,27)24-12-10-23(2)11-13-24/h8-9,15-17H,3-7,10-14H2,1-2H3,(H,22,25). The summed E-state index contributed by atoms with van der Waals surface area (Å²) in [5, 5.41) is 3.44. The van der Waals surface area contributed by atoms with Gasteiger partial charge in [-0.2, -0.15) is 4.31 Å². The lowest BCUT2D eigenvalue weighted by Gasteiger charge is -2.31. The van der Waals surface area contributed by atoms with Crippen LogP contribution in [0.4, 0.5) is 0 Å². The molecule has 2 heterocycles. The summed E-state index contributed by atoms with van der Waals surface area (Å²) in [5.41, 5.74) is 0.